The van der Waals surface area contributed by atoms with Gasteiger partial charge in [0.2, 0.25) is 0 Å². The quantitative estimate of drug-likeness (QED) is 0.775. The van der Waals surface area contributed by atoms with Crippen molar-refractivity contribution in [2.24, 2.45) is 11.8 Å². The van der Waals surface area contributed by atoms with Crippen molar-refractivity contribution in [3.8, 4) is 11.5 Å². The summed E-state index contributed by atoms with van der Waals surface area (Å²) in [6.45, 7) is 4.41. The predicted octanol–water partition coefficient (Wildman–Crippen LogP) is 4.14. The number of hydrogen-bond acceptors (Lipinski definition) is 4. The lowest BCUT2D eigenvalue weighted by molar-refractivity contribution is -0.144. The van der Waals surface area contributed by atoms with Crippen molar-refractivity contribution < 1.29 is 19.0 Å². The van der Waals surface area contributed by atoms with E-state index in [2.05, 4.69) is 0 Å². The Labute approximate surface area is 142 Å². The van der Waals surface area contributed by atoms with E-state index in [0.717, 1.165) is 11.1 Å². The highest BCUT2D eigenvalue weighted by Gasteiger charge is 2.39. The second-order valence-corrected chi connectivity index (χ2v) is 6.19. The van der Waals surface area contributed by atoms with Crippen LogP contribution in [0.3, 0.4) is 0 Å². The molecule has 126 valence electrons. The Morgan fingerprint density at radius 3 is 2.42 bits per heavy atom. The van der Waals surface area contributed by atoms with Crippen LogP contribution in [-0.2, 0) is 16.1 Å². The molecular weight excluding hydrogens is 304 g/mol. The fraction of sp³-hybridized carbons (Fsp3) is 0.350. The Hall–Kier alpha value is -2.49. The first kappa shape index (κ1) is 16.4. The number of methoxy groups -OCH3 is 1. The number of carbonyl (C=O) groups is 1. The average Bonchev–Trinajstić information content (AvgIpc) is 2.88. The molecule has 1 saturated heterocycles. The molecule has 3 atom stereocenters. The smallest absolute Gasteiger partial charge is 0.309 e. The van der Waals surface area contributed by atoms with Gasteiger partial charge in [0.1, 0.15) is 12.7 Å². The minimum Gasteiger partial charge on any atom is -0.493 e. The first-order chi connectivity index (χ1) is 11.6. The highest BCUT2D eigenvalue weighted by atomic mass is 16.6. The molecule has 2 aromatic carbocycles. The van der Waals surface area contributed by atoms with E-state index in [1.165, 1.54) is 0 Å². The molecule has 24 heavy (non-hydrogen) atoms. The van der Waals surface area contributed by atoms with Gasteiger partial charge in [-0.05, 0) is 23.3 Å². The SMILES string of the molecule is COc1cc([C@@H]2OC(=O)[C@@H](C)[C@H]2C)ccc1OCc1ccccc1. The van der Waals surface area contributed by atoms with E-state index in [0.29, 0.717) is 18.1 Å². The van der Waals surface area contributed by atoms with Gasteiger partial charge in [0.15, 0.2) is 11.5 Å². The standard InChI is InChI=1S/C20H22O4/c1-13-14(2)20(21)24-19(13)16-9-10-17(18(11-16)22-3)23-12-15-7-5-4-6-8-15/h4-11,13-14,19H,12H2,1-3H3/t13-,14+,19-/m1/s1. The van der Waals surface area contributed by atoms with Crippen LogP contribution in [0.1, 0.15) is 31.1 Å². The van der Waals surface area contributed by atoms with E-state index in [4.69, 9.17) is 14.2 Å². The van der Waals surface area contributed by atoms with E-state index in [9.17, 15) is 4.79 Å². The topological polar surface area (TPSA) is 44.8 Å². The zero-order valence-corrected chi connectivity index (χ0v) is 14.2. The maximum atomic E-state index is 11.8. The van der Waals surface area contributed by atoms with E-state index in [1.807, 2.05) is 62.4 Å². The van der Waals surface area contributed by atoms with Crippen molar-refractivity contribution in [1.29, 1.82) is 0 Å². The van der Waals surface area contributed by atoms with E-state index >= 15 is 0 Å². The second-order valence-electron chi connectivity index (χ2n) is 6.19. The normalized spacial score (nSPS) is 23.0. The van der Waals surface area contributed by atoms with Gasteiger partial charge in [-0.25, -0.2) is 0 Å². The summed E-state index contributed by atoms with van der Waals surface area (Å²) in [5.41, 5.74) is 2.03. The summed E-state index contributed by atoms with van der Waals surface area (Å²) in [6.07, 6.45) is -0.232. The van der Waals surface area contributed by atoms with Gasteiger partial charge >= 0.3 is 5.97 Å². The van der Waals surface area contributed by atoms with Crippen LogP contribution in [0.15, 0.2) is 48.5 Å². The molecule has 2 aromatic rings. The van der Waals surface area contributed by atoms with Gasteiger partial charge in [-0.1, -0.05) is 50.2 Å². The van der Waals surface area contributed by atoms with Crippen molar-refractivity contribution in [3.05, 3.63) is 59.7 Å². The minimum absolute atomic E-state index is 0.0880. The number of carbonyl (C=O) groups excluding carboxylic acids is 1. The number of rotatable bonds is 5. The van der Waals surface area contributed by atoms with Crippen molar-refractivity contribution in [2.45, 2.75) is 26.6 Å². The van der Waals surface area contributed by atoms with Crippen molar-refractivity contribution in [2.75, 3.05) is 7.11 Å². The third-order valence-corrected chi connectivity index (χ3v) is 4.63. The van der Waals surface area contributed by atoms with E-state index in [1.54, 1.807) is 7.11 Å². The molecule has 0 bridgehead atoms. The highest BCUT2D eigenvalue weighted by molar-refractivity contribution is 5.75. The maximum Gasteiger partial charge on any atom is 0.309 e. The first-order valence-electron chi connectivity index (χ1n) is 8.15. The van der Waals surface area contributed by atoms with Gasteiger partial charge < -0.3 is 14.2 Å². The predicted molar refractivity (Wildman–Crippen MR) is 90.9 cm³/mol. The van der Waals surface area contributed by atoms with E-state index < -0.39 is 0 Å². The van der Waals surface area contributed by atoms with Crippen molar-refractivity contribution in [1.82, 2.24) is 0 Å². The largest absolute Gasteiger partial charge is 0.493 e. The lowest BCUT2D eigenvalue weighted by Crippen LogP contribution is -2.10. The lowest BCUT2D eigenvalue weighted by atomic mass is 9.90. The molecular formula is C20H22O4. The minimum atomic E-state index is -0.232. The molecule has 0 aromatic heterocycles. The summed E-state index contributed by atoms with van der Waals surface area (Å²) >= 11 is 0. The van der Waals surface area contributed by atoms with Gasteiger partial charge in [-0.15, -0.1) is 0 Å². The van der Waals surface area contributed by atoms with Crippen LogP contribution >= 0.6 is 0 Å². The molecule has 0 amide bonds. The van der Waals surface area contributed by atoms with Gasteiger partial charge in [-0.3, -0.25) is 4.79 Å². The van der Waals surface area contributed by atoms with Crippen LogP contribution in [0.25, 0.3) is 0 Å². The van der Waals surface area contributed by atoms with Gasteiger partial charge in [-0.2, -0.15) is 0 Å². The zero-order chi connectivity index (χ0) is 17.1. The third kappa shape index (κ3) is 3.23. The molecule has 4 nitrogen and oxygen atoms in total. The molecule has 0 N–H and O–H groups in total. The third-order valence-electron chi connectivity index (χ3n) is 4.63. The van der Waals surface area contributed by atoms with Gasteiger partial charge in [0.25, 0.3) is 0 Å². The van der Waals surface area contributed by atoms with Crippen LogP contribution in [0.4, 0.5) is 0 Å². The molecule has 0 spiro atoms. The summed E-state index contributed by atoms with van der Waals surface area (Å²) in [5, 5.41) is 0. The summed E-state index contributed by atoms with van der Waals surface area (Å²) in [7, 11) is 1.61. The highest BCUT2D eigenvalue weighted by Crippen LogP contribution is 2.41. The van der Waals surface area contributed by atoms with Gasteiger partial charge in [0.05, 0.1) is 13.0 Å². The molecule has 0 unspecified atom stereocenters. The Balaban J connectivity index is 1.77. The molecule has 0 radical (unpaired) electrons. The summed E-state index contributed by atoms with van der Waals surface area (Å²) in [4.78, 5) is 11.8. The fourth-order valence-electron chi connectivity index (χ4n) is 2.90. The van der Waals surface area contributed by atoms with Crippen LogP contribution in [0.5, 0.6) is 11.5 Å². The number of cyclic esters (lactones) is 1. The molecule has 0 aliphatic carbocycles. The average molecular weight is 326 g/mol. The first-order valence-corrected chi connectivity index (χ1v) is 8.15. The number of esters is 1. The number of benzene rings is 2. The molecule has 1 aliphatic rings. The molecule has 1 aliphatic heterocycles. The molecule has 1 heterocycles. The van der Waals surface area contributed by atoms with Crippen molar-refractivity contribution >= 4 is 5.97 Å². The Morgan fingerprint density at radius 2 is 1.79 bits per heavy atom. The Bertz CT molecular complexity index is 711. The molecule has 1 fully saturated rings. The monoisotopic (exact) mass is 326 g/mol. The number of hydrogen-bond donors (Lipinski definition) is 0. The summed E-state index contributed by atoms with van der Waals surface area (Å²) in [6, 6.07) is 15.7. The molecule has 0 saturated carbocycles. The maximum absolute atomic E-state index is 11.8. The molecule has 3 rings (SSSR count). The zero-order valence-electron chi connectivity index (χ0n) is 14.2. The van der Waals surface area contributed by atoms with E-state index in [-0.39, 0.29) is 23.9 Å². The van der Waals surface area contributed by atoms with Crippen molar-refractivity contribution in [3.63, 3.8) is 0 Å². The Morgan fingerprint density at radius 1 is 1.04 bits per heavy atom. The molecule has 4 heteroatoms. The van der Waals surface area contributed by atoms with Crippen LogP contribution in [0.2, 0.25) is 0 Å². The Kier molecular flexibility index (Phi) is 4.74. The van der Waals surface area contributed by atoms with Crippen LogP contribution in [0, 0.1) is 11.8 Å². The van der Waals surface area contributed by atoms with Crippen LogP contribution in [-0.4, -0.2) is 13.1 Å². The fourth-order valence-corrected chi connectivity index (χ4v) is 2.90. The summed E-state index contributed by atoms with van der Waals surface area (Å²) in [5.74, 6) is 1.23. The van der Waals surface area contributed by atoms with Gasteiger partial charge in [0, 0.05) is 5.92 Å². The number of ether oxygens (including phenoxy) is 3. The lowest BCUT2D eigenvalue weighted by Gasteiger charge is -2.18. The second kappa shape index (κ2) is 6.95. The summed E-state index contributed by atoms with van der Waals surface area (Å²) < 4.78 is 16.8. The van der Waals surface area contributed by atoms with Crippen LogP contribution < -0.4 is 9.47 Å².